The molecule has 2 nitrogen and oxygen atoms in total. The average molecular weight is 267 g/mol. The van der Waals surface area contributed by atoms with Crippen LogP contribution >= 0.6 is 28.3 Å². The molecule has 0 radical (unpaired) electrons. The summed E-state index contributed by atoms with van der Waals surface area (Å²) in [5.41, 5.74) is 6.58. The predicted molar refractivity (Wildman–Crippen MR) is 60.5 cm³/mol. The normalized spacial score (nSPS) is 9.15. The molecule has 4 heteroatoms. The van der Waals surface area contributed by atoms with E-state index in [1.54, 1.807) is 0 Å². The van der Waals surface area contributed by atoms with E-state index in [0.29, 0.717) is 13.2 Å². The summed E-state index contributed by atoms with van der Waals surface area (Å²) in [6.07, 6.45) is 0. The van der Waals surface area contributed by atoms with Crippen LogP contribution in [0.3, 0.4) is 0 Å². The number of hydrogen-bond acceptors (Lipinski definition) is 2. The van der Waals surface area contributed by atoms with E-state index in [2.05, 4.69) is 15.9 Å². The highest BCUT2D eigenvalue weighted by atomic mass is 79.9. The van der Waals surface area contributed by atoms with Gasteiger partial charge in [0.1, 0.15) is 5.75 Å². The van der Waals surface area contributed by atoms with E-state index in [1.807, 2.05) is 25.1 Å². The van der Waals surface area contributed by atoms with Crippen molar-refractivity contribution in [3.05, 3.63) is 28.2 Å². The molecular formula is C9H13BrClNO. The zero-order chi connectivity index (χ0) is 8.97. The molecule has 1 aromatic carbocycles. The van der Waals surface area contributed by atoms with Crippen LogP contribution in [0.5, 0.6) is 5.75 Å². The average Bonchev–Trinajstić information content (AvgIpc) is 2.09. The fourth-order valence-electron chi connectivity index (χ4n) is 1.02. The van der Waals surface area contributed by atoms with Gasteiger partial charge in [0.05, 0.1) is 11.1 Å². The predicted octanol–water partition coefficient (Wildman–Crippen LogP) is 2.73. The molecule has 2 N–H and O–H groups in total. The van der Waals surface area contributed by atoms with E-state index >= 15 is 0 Å². The first-order chi connectivity index (χ1) is 5.79. The summed E-state index contributed by atoms with van der Waals surface area (Å²) in [4.78, 5) is 0. The van der Waals surface area contributed by atoms with Crippen LogP contribution in [0.2, 0.25) is 0 Å². The summed E-state index contributed by atoms with van der Waals surface area (Å²) >= 11 is 3.41. The van der Waals surface area contributed by atoms with Crippen molar-refractivity contribution in [2.24, 2.45) is 5.73 Å². The third-order valence-electron chi connectivity index (χ3n) is 1.56. The second-order valence-corrected chi connectivity index (χ2v) is 3.22. The lowest BCUT2D eigenvalue weighted by Crippen LogP contribution is -2.02. The Morgan fingerprint density at radius 2 is 2.15 bits per heavy atom. The van der Waals surface area contributed by atoms with Crippen LogP contribution in [-0.2, 0) is 6.54 Å². The zero-order valence-corrected chi connectivity index (χ0v) is 9.82. The second kappa shape index (κ2) is 6.24. The lowest BCUT2D eigenvalue weighted by Gasteiger charge is -2.09. The van der Waals surface area contributed by atoms with E-state index in [0.717, 1.165) is 15.8 Å². The number of nitrogens with two attached hydrogens (primary N) is 1. The topological polar surface area (TPSA) is 35.2 Å². The van der Waals surface area contributed by atoms with Crippen LogP contribution in [0.15, 0.2) is 22.7 Å². The Morgan fingerprint density at radius 3 is 2.69 bits per heavy atom. The molecule has 13 heavy (non-hydrogen) atoms. The highest BCUT2D eigenvalue weighted by molar-refractivity contribution is 9.10. The van der Waals surface area contributed by atoms with Gasteiger partial charge in [-0.05, 0) is 28.9 Å². The lowest BCUT2D eigenvalue weighted by molar-refractivity contribution is 0.334. The van der Waals surface area contributed by atoms with E-state index < -0.39 is 0 Å². The third-order valence-corrected chi connectivity index (χ3v) is 2.18. The van der Waals surface area contributed by atoms with E-state index in [1.165, 1.54) is 0 Å². The fourth-order valence-corrected chi connectivity index (χ4v) is 1.54. The van der Waals surface area contributed by atoms with E-state index in [-0.39, 0.29) is 12.4 Å². The molecule has 0 saturated heterocycles. The van der Waals surface area contributed by atoms with Crippen LogP contribution in [0.1, 0.15) is 12.5 Å². The van der Waals surface area contributed by atoms with Gasteiger partial charge in [0, 0.05) is 12.1 Å². The molecule has 0 spiro atoms. The summed E-state index contributed by atoms with van der Waals surface area (Å²) in [6, 6.07) is 5.87. The number of benzene rings is 1. The van der Waals surface area contributed by atoms with E-state index in [4.69, 9.17) is 10.5 Å². The Balaban J connectivity index is 0.00000144. The number of halogens is 2. The Labute approximate surface area is 93.0 Å². The van der Waals surface area contributed by atoms with Gasteiger partial charge in [0.2, 0.25) is 0 Å². The maximum absolute atomic E-state index is 5.55. The largest absolute Gasteiger partial charge is 0.492 e. The zero-order valence-electron chi connectivity index (χ0n) is 7.42. The summed E-state index contributed by atoms with van der Waals surface area (Å²) in [5.74, 6) is 0.863. The molecule has 0 unspecified atom stereocenters. The molecule has 0 heterocycles. The molecule has 0 atom stereocenters. The van der Waals surface area contributed by atoms with Crippen molar-refractivity contribution in [2.75, 3.05) is 6.61 Å². The van der Waals surface area contributed by atoms with E-state index in [9.17, 15) is 0 Å². The first-order valence-corrected chi connectivity index (χ1v) is 4.69. The van der Waals surface area contributed by atoms with Gasteiger partial charge in [0.15, 0.2) is 0 Å². The van der Waals surface area contributed by atoms with Crippen LogP contribution in [-0.4, -0.2) is 6.61 Å². The Bertz CT molecular complexity index is 268. The quantitative estimate of drug-likeness (QED) is 0.913. The summed E-state index contributed by atoms with van der Waals surface area (Å²) < 4.78 is 6.40. The Kier molecular flexibility index (Phi) is 6.12. The van der Waals surface area contributed by atoms with Crippen molar-refractivity contribution in [1.29, 1.82) is 0 Å². The van der Waals surface area contributed by atoms with Crippen LogP contribution < -0.4 is 10.5 Å². The molecule has 0 aliphatic carbocycles. The van der Waals surface area contributed by atoms with Crippen LogP contribution in [0.4, 0.5) is 0 Å². The van der Waals surface area contributed by atoms with Crippen molar-refractivity contribution in [3.8, 4) is 5.75 Å². The molecule has 74 valence electrons. The molecule has 0 aliphatic rings. The van der Waals surface area contributed by atoms with Gasteiger partial charge in [-0.3, -0.25) is 0 Å². The number of rotatable bonds is 3. The van der Waals surface area contributed by atoms with Gasteiger partial charge < -0.3 is 10.5 Å². The molecule has 0 amide bonds. The van der Waals surface area contributed by atoms with Crippen molar-refractivity contribution in [1.82, 2.24) is 0 Å². The van der Waals surface area contributed by atoms with Crippen molar-refractivity contribution < 1.29 is 4.74 Å². The molecule has 0 saturated carbocycles. The minimum Gasteiger partial charge on any atom is -0.492 e. The number of ether oxygens (including phenoxy) is 1. The SMILES string of the molecule is CCOc1c(Br)cccc1CN.Cl. The maximum Gasteiger partial charge on any atom is 0.137 e. The van der Waals surface area contributed by atoms with Crippen LogP contribution in [0.25, 0.3) is 0 Å². The fraction of sp³-hybridized carbons (Fsp3) is 0.333. The van der Waals surface area contributed by atoms with Gasteiger partial charge in [-0.2, -0.15) is 0 Å². The molecule has 1 rings (SSSR count). The third kappa shape index (κ3) is 3.18. The highest BCUT2D eigenvalue weighted by Gasteiger charge is 2.04. The highest BCUT2D eigenvalue weighted by Crippen LogP contribution is 2.28. The molecule has 0 fully saturated rings. The summed E-state index contributed by atoms with van der Waals surface area (Å²) in [5, 5.41) is 0. The number of hydrogen-bond donors (Lipinski definition) is 1. The minimum absolute atomic E-state index is 0. The monoisotopic (exact) mass is 265 g/mol. The van der Waals surface area contributed by atoms with Gasteiger partial charge in [-0.25, -0.2) is 0 Å². The molecule has 1 aromatic rings. The maximum atomic E-state index is 5.55. The second-order valence-electron chi connectivity index (χ2n) is 2.37. The standard InChI is InChI=1S/C9H12BrNO.ClH/c1-2-12-9-7(6-11)4-3-5-8(9)10;/h3-5H,2,6,11H2,1H3;1H. The van der Waals surface area contributed by atoms with Gasteiger partial charge >= 0.3 is 0 Å². The molecule has 0 aliphatic heterocycles. The Morgan fingerprint density at radius 1 is 1.46 bits per heavy atom. The lowest BCUT2D eigenvalue weighted by atomic mass is 10.2. The van der Waals surface area contributed by atoms with Gasteiger partial charge in [-0.15, -0.1) is 12.4 Å². The number of para-hydroxylation sites is 1. The van der Waals surface area contributed by atoms with Gasteiger partial charge in [0.25, 0.3) is 0 Å². The molecule has 0 aromatic heterocycles. The minimum atomic E-state index is 0. The molecular weight excluding hydrogens is 253 g/mol. The Hall–Kier alpha value is -0.250. The van der Waals surface area contributed by atoms with Crippen molar-refractivity contribution in [2.45, 2.75) is 13.5 Å². The van der Waals surface area contributed by atoms with Crippen molar-refractivity contribution in [3.63, 3.8) is 0 Å². The van der Waals surface area contributed by atoms with Crippen molar-refractivity contribution >= 4 is 28.3 Å². The first kappa shape index (κ1) is 12.8. The smallest absolute Gasteiger partial charge is 0.137 e. The summed E-state index contributed by atoms with van der Waals surface area (Å²) in [6.45, 7) is 3.13. The van der Waals surface area contributed by atoms with Crippen LogP contribution in [0, 0.1) is 0 Å². The molecule has 0 bridgehead atoms. The first-order valence-electron chi connectivity index (χ1n) is 3.89. The van der Waals surface area contributed by atoms with Gasteiger partial charge in [-0.1, -0.05) is 12.1 Å². The summed E-state index contributed by atoms with van der Waals surface area (Å²) in [7, 11) is 0.